The van der Waals surface area contributed by atoms with E-state index < -0.39 is 29.0 Å². The number of nitrogens with one attached hydrogen (secondary N) is 1. The Hall–Kier alpha value is -3.32. The molecule has 0 aliphatic heterocycles. The lowest BCUT2D eigenvalue weighted by Crippen LogP contribution is -2.59. The second-order valence-electron chi connectivity index (χ2n) is 11.0. The summed E-state index contributed by atoms with van der Waals surface area (Å²) in [5.41, 5.74) is 0.0921. The van der Waals surface area contributed by atoms with E-state index in [2.05, 4.69) is 5.32 Å². The molecule has 4 saturated carbocycles. The molecule has 7 rings (SSSR count). The van der Waals surface area contributed by atoms with E-state index in [0.29, 0.717) is 53.5 Å². The van der Waals surface area contributed by atoms with Crippen molar-refractivity contribution in [1.82, 2.24) is 0 Å². The first-order chi connectivity index (χ1) is 16.7. The van der Waals surface area contributed by atoms with Crippen molar-refractivity contribution in [2.24, 2.45) is 17.3 Å². The van der Waals surface area contributed by atoms with Crippen LogP contribution in [0.15, 0.2) is 42.5 Å². The zero-order valence-corrected chi connectivity index (χ0v) is 19.5. The molecule has 0 radical (unpaired) electrons. The lowest BCUT2D eigenvalue weighted by Gasteiger charge is -2.58. The minimum Gasteiger partial charge on any atom is -0.452 e. The van der Waals surface area contributed by atoms with Gasteiger partial charge >= 0.3 is 5.97 Å². The van der Waals surface area contributed by atoms with Gasteiger partial charge in [0.2, 0.25) is 0 Å². The molecule has 0 aromatic heterocycles. The van der Waals surface area contributed by atoms with Crippen molar-refractivity contribution in [3.8, 4) is 0 Å². The molecule has 35 heavy (non-hydrogen) atoms. The highest BCUT2D eigenvalue weighted by molar-refractivity contribution is 6.28. The SMILES string of the molecule is CC(OC(=O)C12CC3CC(CC(O)(C3)C1)C2)C(=O)Nc1ccc2c(c1)C(=O)c1ccccc1C2=O. The summed E-state index contributed by atoms with van der Waals surface area (Å²) in [7, 11) is 0. The second kappa shape index (κ2) is 7.59. The number of fused-ring (bicyclic) bond motifs is 2. The molecule has 180 valence electrons. The van der Waals surface area contributed by atoms with Gasteiger partial charge in [-0.1, -0.05) is 24.3 Å². The van der Waals surface area contributed by atoms with Crippen molar-refractivity contribution >= 4 is 29.1 Å². The van der Waals surface area contributed by atoms with Gasteiger partial charge in [-0.25, -0.2) is 0 Å². The van der Waals surface area contributed by atoms with Crippen molar-refractivity contribution in [2.45, 2.75) is 57.2 Å². The van der Waals surface area contributed by atoms with Crippen molar-refractivity contribution in [1.29, 1.82) is 0 Å². The fourth-order valence-corrected chi connectivity index (χ4v) is 7.21. The minimum atomic E-state index is -1.04. The maximum absolute atomic E-state index is 13.2. The molecule has 2 aromatic carbocycles. The molecule has 5 aliphatic rings. The summed E-state index contributed by atoms with van der Waals surface area (Å²) in [5, 5.41) is 13.6. The Labute approximate surface area is 202 Å². The molecule has 1 amide bonds. The minimum absolute atomic E-state index is 0.229. The average molecular weight is 474 g/mol. The van der Waals surface area contributed by atoms with E-state index in [1.807, 2.05) is 0 Å². The molecule has 5 aliphatic carbocycles. The molecule has 4 fully saturated rings. The number of carbonyl (C=O) groups is 4. The highest BCUT2D eigenvalue weighted by Crippen LogP contribution is 2.62. The van der Waals surface area contributed by atoms with Crippen LogP contribution < -0.4 is 5.32 Å². The van der Waals surface area contributed by atoms with Crippen LogP contribution in [0.25, 0.3) is 0 Å². The van der Waals surface area contributed by atoms with Crippen LogP contribution in [0.4, 0.5) is 5.69 Å². The standard InChI is InChI=1S/C28H27NO6/c1-15(35-26(33)27-10-16-8-17(11-27)13-28(34,12-16)14-27)25(32)29-18-6-7-21-22(9-18)24(31)20-5-3-2-4-19(20)23(21)30/h2-7,9,15-17,34H,8,10-14H2,1H3,(H,29,32). The van der Waals surface area contributed by atoms with E-state index in [1.165, 1.54) is 19.1 Å². The van der Waals surface area contributed by atoms with Crippen LogP contribution in [-0.2, 0) is 14.3 Å². The van der Waals surface area contributed by atoms with E-state index in [1.54, 1.807) is 30.3 Å². The normalized spacial score (nSPS) is 30.9. The molecule has 0 heterocycles. The van der Waals surface area contributed by atoms with Gasteiger partial charge in [0, 0.05) is 27.9 Å². The molecular weight excluding hydrogens is 446 g/mol. The van der Waals surface area contributed by atoms with Crippen LogP contribution in [-0.4, -0.2) is 40.3 Å². The maximum Gasteiger partial charge on any atom is 0.312 e. The summed E-state index contributed by atoms with van der Waals surface area (Å²) in [6, 6.07) is 11.3. The molecule has 0 spiro atoms. The van der Waals surface area contributed by atoms with Crippen LogP contribution in [0.5, 0.6) is 0 Å². The fourth-order valence-electron chi connectivity index (χ4n) is 7.21. The Balaban J connectivity index is 1.16. The first-order valence-corrected chi connectivity index (χ1v) is 12.2. The summed E-state index contributed by atoms with van der Waals surface area (Å²) >= 11 is 0. The third-order valence-corrected chi connectivity index (χ3v) is 8.31. The maximum atomic E-state index is 13.2. The van der Waals surface area contributed by atoms with Gasteiger partial charge in [-0.3, -0.25) is 19.2 Å². The van der Waals surface area contributed by atoms with Gasteiger partial charge in [-0.05, 0) is 75.5 Å². The summed E-state index contributed by atoms with van der Waals surface area (Å²) in [5.74, 6) is -0.761. The molecule has 7 heteroatoms. The number of hydrogen-bond acceptors (Lipinski definition) is 6. The number of amides is 1. The van der Waals surface area contributed by atoms with Crippen LogP contribution in [0.1, 0.15) is 77.3 Å². The van der Waals surface area contributed by atoms with Gasteiger partial charge in [0.25, 0.3) is 5.91 Å². The number of anilines is 1. The predicted molar refractivity (Wildman–Crippen MR) is 126 cm³/mol. The molecular formula is C28H27NO6. The number of ketones is 2. The van der Waals surface area contributed by atoms with Gasteiger partial charge in [0.1, 0.15) is 0 Å². The fraction of sp³-hybridized carbons (Fsp3) is 0.429. The van der Waals surface area contributed by atoms with Crippen LogP contribution in [0.2, 0.25) is 0 Å². The zero-order valence-electron chi connectivity index (χ0n) is 19.5. The largest absolute Gasteiger partial charge is 0.452 e. The second-order valence-corrected chi connectivity index (χ2v) is 11.0. The molecule has 4 bridgehead atoms. The number of aliphatic hydroxyl groups is 1. The predicted octanol–water partition coefficient (Wildman–Crippen LogP) is 3.66. The molecule has 0 saturated heterocycles. The van der Waals surface area contributed by atoms with E-state index in [0.717, 1.165) is 19.3 Å². The van der Waals surface area contributed by atoms with Gasteiger partial charge in [-0.15, -0.1) is 0 Å². The van der Waals surface area contributed by atoms with E-state index in [-0.39, 0.29) is 17.1 Å². The smallest absolute Gasteiger partial charge is 0.312 e. The van der Waals surface area contributed by atoms with E-state index in [9.17, 15) is 24.3 Å². The van der Waals surface area contributed by atoms with Crippen molar-refractivity contribution in [3.63, 3.8) is 0 Å². The molecule has 3 unspecified atom stereocenters. The van der Waals surface area contributed by atoms with E-state index >= 15 is 0 Å². The zero-order chi connectivity index (χ0) is 24.5. The Kier molecular flexibility index (Phi) is 4.81. The Bertz CT molecular complexity index is 1280. The molecule has 3 atom stereocenters. The lowest BCUT2D eigenvalue weighted by atomic mass is 9.48. The average Bonchev–Trinajstić information content (AvgIpc) is 2.81. The number of ether oxygens (including phenoxy) is 1. The number of esters is 1. The lowest BCUT2D eigenvalue weighted by molar-refractivity contribution is -0.199. The number of hydrogen-bond donors (Lipinski definition) is 2. The first kappa shape index (κ1) is 22.2. The number of rotatable bonds is 4. The van der Waals surface area contributed by atoms with Gasteiger partial charge in [0.05, 0.1) is 11.0 Å². The summed E-state index contributed by atoms with van der Waals surface area (Å²) in [4.78, 5) is 51.8. The van der Waals surface area contributed by atoms with Gasteiger partial charge < -0.3 is 15.2 Å². The van der Waals surface area contributed by atoms with Crippen molar-refractivity contribution < 1.29 is 29.0 Å². The molecule has 7 nitrogen and oxygen atoms in total. The topological polar surface area (TPSA) is 110 Å². The van der Waals surface area contributed by atoms with Crippen molar-refractivity contribution in [3.05, 3.63) is 64.7 Å². The third kappa shape index (κ3) is 3.52. The number of carbonyl (C=O) groups excluding carboxylic acids is 4. The monoisotopic (exact) mass is 473 g/mol. The highest BCUT2D eigenvalue weighted by Gasteiger charge is 2.61. The van der Waals surface area contributed by atoms with Crippen LogP contribution in [0, 0.1) is 17.3 Å². The van der Waals surface area contributed by atoms with Crippen LogP contribution >= 0.6 is 0 Å². The summed E-state index contributed by atoms with van der Waals surface area (Å²) in [6.07, 6.45) is 3.33. The molecule has 2 aromatic rings. The van der Waals surface area contributed by atoms with Gasteiger partial charge in [0.15, 0.2) is 17.7 Å². The first-order valence-electron chi connectivity index (χ1n) is 12.2. The Morgan fingerprint density at radius 2 is 1.54 bits per heavy atom. The third-order valence-electron chi connectivity index (χ3n) is 8.31. The highest BCUT2D eigenvalue weighted by atomic mass is 16.5. The Morgan fingerprint density at radius 3 is 2.17 bits per heavy atom. The van der Waals surface area contributed by atoms with Crippen molar-refractivity contribution in [2.75, 3.05) is 5.32 Å². The number of benzene rings is 2. The van der Waals surface area contributed by atoms with E-state index in [4.69, 9.17) is 4.74 Å². The van der Waals surface area contributed by atoms with Crippen LogP contribution in [0.3, 0.4) is 0 Å². The summed E-state index contributed by atoms with van der Waals surface area (Å²) in [6.45, 7) is 1.52. The summed E-state index contributed by atoms with van der Waals surface area (Å²) < 4.78 is 5.63. The van der Waals surface area contributed by atoms with Gasteiger partial charge in [-0.2, -0.15) is 0 Å². The quantitative estimate of drug-likeness (QED) is 0.560. The Morgan fingerprint density at radius 1 is 0.943 bits per heavy atom. The molecule has 2 N–H and O–H groups in total.